The van der Waals surface area contributed by atoms with Gasteiger partial charge in [0.2, 0.25) is 0 Å². The molecule has 0 bridgehead atoms. The fraction of sp³-hybridized carbons (Fsp3) is 1.00. The van der Waals surface area contributed by atoms with Crippen molar-refractivity contribution < 1.29 is 8.42 Å². The zero-order chi connectivity index (χ0) is 13.8. The summed E-state index contributed by atoms with van der Waals surface area (Å²) in [5.41, 5.74) is 5.82. The molecule has 5 nitrogen and oxygen atoms in total. The molecular formula is C12H27N3O2S. The van der Waals surface area contributed by atoms with Gasteiger partial charge in [0.1, 0.15) is 0 Å². The Labute approximate surface area is 111 Å². The average molecular weight is 277 g/mol. The second-order valence-corrected chi connectivity index (χ2v) is 7.52. The van der Waals surface area contributed by atoms with Gasteiger partial charge in [-0.15, -0.1) is 0 Å². The fourth-order valence-electron chi connectivity index (χ4n) is 2.38. The Hall–Kier alpha value is -0.170. The summed E-state index contributed by atoms with van der Waals surface area (Å²) in [7, 11) is -1.78. The molecule has 0 heterocycles. The third-order valence-electron chi connectivity index (χ3n) is 4.08. The van der Waals surface area contributed by atoms with Crippen LogP contribution in [0.2, 0.25) is 0 Å². The van der Waals surface area contributed by atoms with Crippen molar-refractivity contribution in [3.8, 4) is 0 Å². The topological polar surface area (TPSA) is 75.4 Å². The molecule has 0 aromatic heterocycles. The van der Waals surface area contributed by atoms with Gasteiger partial charge in [-0.1, -0.05) is 19.3 Å². The van der Waals surface area contributed by atoms with Gasteiger partial charge in [-0.05, 0) is 38.6 Å². The summed E-state index contributed by atoms with van der Waals surface area (Å²) >= 11 is 0. The first-order chi connectivity index (χ1) is 8.33. The van der Waals surface area contributed by atoms with Gasteiger partial charge < -0.3 is 5.73 Å². The molecule has 0 aromatic carbocycles. The van der Waals surface area contributed by atoms with E-state index in [-0.39, 0.29) is 11.5 Å². The molecule has 0 amide bonds. The third-order valence-corrected chi connectivity index (χ3v) is 5.77. The van der Waals surface area contributed by atoms with E-state index in [2.05, 4.69) is 4.72 Å². The average Bonchev–Trinajstić information content (AvgIpc) is 2.36. The molecule has 18 heavy (non-hydrogen) atoms. The van der Waals surface area contributed by atoms with Crippen LogP contribution in [0.1, 0.15) is 46.0 Å². The molecule has 0 aliphatic heterocycles. The molecule has 0 radical (unpaired) electrons. The van der Waals surface area contributed by atoms with E-state index in [1.807, 2.05) is 13.8 Å². The minimum Gasteiger partial charge on any atom is -0.330 e. The zero-order valence-electron chi connectivity index (χ0n) is 11.8. The van der Waals surface area contributed by atoms with Gasteiger partial charge in [-0.3, -0.25) is 0 Å². The Morgan fingerprint density at radius 1 is 1.28 bits per heavy atom. The van der Waals surface area contributed by atoms with Crippen LogP contribution in [-0.4, -0.2) is 38.9 Å². The molecule has 1 fully saturated rings. The van der Waals surface area contributed by atoms with Crippen LogP contribution in [0, 0.1) is 5.41 Å². The SMILES string of the molecule is CC(C)N(C)S(=O)(=O)NCC1(CN)CCCCC1. The maximum absolute atomic E-state index is 12.0. The predicted octanol–water partition coefficient (Wildman–Crippen LogP) is 1.07. The van der Waals surface area contributed by atoms with Crippen LogP contribution in [0.5, 0.6) is 0 Å². The second kappa shape index (κ2) is 6.32. The summed E-state index contributed by atoms with van der Waals surface area (Å²) in [6.07, 6.45) is 5.59. The Morgan fingerprint density at radius 2 is 1.83 bits per heavy atom. The van der Waals surface area contributed by atoms with E-state index in [1.54, 1.807) is 7.05 Å². The quantitative estimate of drug-likeness (QED) is 0.762. The maximum Gasteiger partial charge on any atom is 0.279 e. The zero-order valence-corrected chi connectivity index (χ0v) is 12.6. The van der Waals surface area contributed by atoms with Gasteiger partial charge in [0.05, 0.1) is 0 Å². The first-order valence-corrected chi connectivity index (χ1v) is 8.20. The summed E-state index contributed by atoms with van der Waals surface area (Å²) < 4.78 is 28.2. The Kier molecular flexibility index (Phi) is 5.58. The van der Waals surface area contributed by atoms with Crippen LogP contribution in [0.3, 0.4) is 0 Å². The van der Waals surface area contributed by atoms with E-state index >= 15 is 0 Å². The van der Waals surface area contributed by atoms with Crippen LogP contribution >= 0.6 is 0 Å². The van der Waals surface area contributed by atoms with Crippen molar-refractivity contribution in [2.45, 2.75) is 52.0 Å². The molecular weight excluding hydrogens is 250 g/mol. The summed E-state index contributed by atoms with van der Waals surface area (Å²) in [4.78, 5) is 0. The monoisotopic (exact) mass is 277 g/mol. The van der Waals surface area contributed by atoms with Crippen molar-refractivity contribution in [2.24, 2.45) is 11.1 Å². The molecule has 0 spiro atoms. The van der Waals surface area contributed by atoms with Gasteiger partial charge in [-0.25, -0.2) is 4.72 Å². The molecule has 1 aliphatic rings. The molecule has 1 aliphatic carbocycles. The summed E-state index contributed by atoms with van der Waals surface area (Å²) in [6, 6.07) is -0.0392. The largest absolute Gasteiger partial charge is 0.330 e. The van der Waals surface area contributed by atoms with Gasteiger partial charge >= 0.3 is 0 Å². The van der Waals surface area contributed by atoms with Crippen molar-refractivity contribution in [3.63, 3.8) is 0 Å². The summed E-state index contributed by atoms with van der Waals surface area (Å²) in [5.74, 6) is 0. The van der Waals surface area contributed by atoms with Gasteiger partial charge in [0.15, 0.2) is 0 Å². The highest BCUT2D eigenvalue weighted by Crippen LogP contribution is 2.34. The lowest BCUT2D eigenvalue weighted by atomic mass is 9.74. The van der Waals surface area contributed by atoms with E-state index in [0.29, 0.717) is 13.1 Å². The smallest absolute Gasteiger partial charge is 0.279 e. The Bertz CT molecular complexity index is 348. The Balaban J connectivity index is 2.62. The van der Waals surface area contributed by atoms with Gasteiger partial charge in [0.25, 0.3) is 10.2 Å². The number of nitrogens with one attached hydrogen (secondary N) is 1. The molecule has 1 rings (SSSR count). The van der Waals surface area contributed by atoms with Crippen LogP contribution in [0.25, 0.3) is 0 Å². The van der Waals surface area contributed by atoms with Crippen molar-refractivity contribution in [2.75, 3.05) is 20.1 Å². The first kappa shape index (κ1) is 15.9. The molecule has 0 saturated heterocycles. The second-order valence-electron chi connectivity index (χ2n) is 5.70. The number of nitrogens with zero attached hydrogens (tertiary/aromatic N) is 1. The minimum absolute atomic E-state index is 0.0386. The molecule has 0 aromatic rings. The van der Waals surface area contributed by atoms with Crippen LogP contribution in [0.4, 0.5) is 0 Å². The van der Waals surface area contributed by atoms with E-state index in [9.17, 15) is 8.42 Å². The number of nitrogens with two attached hydrogens (primary N) is 1. The number of hydrogen-bond donors (Lipinski definition) is 2. The lowest BCUT2D eigenvalue weighted by molar-refractivity contribution is 0.200. The summed E-state index contributed by atoms with van der Waals surface area (Å²) in [6.45, 7) is 4.74. The summed E-state index contributed by atoms with van der Waals surface area (Å²) in [5, 5.41) is 0. The van der Waals surface area contributed by atoms with Crippen LogP contribution < -0.4 is 10.5 Å². The molecule has 1 saturated carbocycles. The normalized spacial score (nSPS) is 20.6. The van der Waals surface area contributed by atoms with Crippen LogP contribution in [-0.2, 0) is 10.2 Å². The molecule has 6 heteroatoms. The molecule has 108 valence electrons. The number of hydrogen-bond acceptors (Lipinski definition) is 3. The molecule has 0 unspecified atom stereocenters. The van der Waals surface area contributed by atoms with Crippen molar-refractivity contribution in [1.82, 2.24) is 9.03 Å². The highest BCUT2D eigenvalue weighted by molar-refractivity contribution is 7.87. The Morgan fingerprint density at radius 3 is 2.28 bits per heavy atom. The van der Waals surface area contributed by atoms with Crippen molar-refractivity contribution in [1.29, 1.82) is 0 Å². The van der Waals surface area contributed by atoms with Gasteiger partial charge in [0, 0.05) is 19.6 Å². The van der Waals surface area contributed by atoms with E-state index < -0.39 is 10.2 Å². The van der Waals surface area contributed by atoms with Crippen molar-refractivity contribution in [3.05, 3.63) is 0 Å². The van der Waals surface area contributed by atoms with Crippen LogP contribution in [0.15, 0.2) is 0 Å². The van der Waals surface area contributed by atoms with Gasteiger partial charge in [-0.2, -0.15) is 12.7 Å². The first-order valence-electron chi connectivity index (χ1n) is 6.76. The maximum atomic E-state index is 12.0. The molecule has 0 atom stereocenters. The standard InChI is InChI=1S/C12H27N3O2S/c1-11(2)15(3)18(16,17)14-10-12(9-13)7-5-4-6-8-12/h11,14H,4-10,13H2,1-3H3. The molecule has 3 N–H and O–H groups in total. The van der Waals surface area contributed by atoms with E-state index in [0.717, 1.165) is 25.7 Å². The van der Waals surface area contributed by atoms with Crippen molar-refractivity contribution >= 4 is 10.2 Å². The van der Waals surface area contributed by atoms with E-state index in [4.69, 9.17) is 5.73 Å². The lowest BCUT2D eigenvalue weighted by Gasteiger charge is -2.36. The predicted molar refractivity (Wildman–Crippen MR) is 74.4 cm³/mol. The lowest BCUT2D eigenvalue weighted by Crippen LogP contribution is -2.48. The third kappa shape index (κ3) is 3.91. The highest BCUT2D eigenvalue weighted by Gasteiger charge is 2.32. The minimum atomic E-state index is -3.38. The highest BCUT2D eigenvalue weighted by atomic mass is 32.2. The van der Waals surface area contributed by atoms with E-state index in [1.165, 1.54) is 10.7 Å². The number of rotatable bonds is 6. The fourth-order valence-corrected chi connectivity index (χ4v) is 3.63.